The van der Waals surface area contributed by atoms with E-state index in [4.69, 9.17) is 14.0 Å². The normalized spacial score (nSPS) is 26.2. The van der Waals surface area contributed by atoms with Crippen molar-refractivity contribution >= 4 is 23.4 Å². The minimum absolute atomic E-state index is 0.0501. The number of hydrogen-bond donors (Lipinski definition) is 1. The van der Waals surface area contributed by atoms with Crippen molar-refractivity contribution in [1.82, 2.24) is 20.4 Å². The molecule has 1 saturated carbocycles. The third-order valence-corrected chi connectivity index (χ3v) is 10.7. The number of aryl methyl sites for hydroxylation is 1. The van der Waals surface area contributed by atoms with Gasteiger partial charge in [0.15, 0.2) is 12.0 Å². The van der Waals surface area contributed by atoms with Crippen molar-refractivity contribution in [3.05, 3.63) is 77.4 Å². The van der Waals surface area contributed by atoms with Crippen molar-refractivity contribution in [2.24, 2.45) is 23.7 Å². The Morgan fingerprint density at radius 3 is 2.48 bits per heavy atom. The average molecular weight is 656 g/mol. The van der Waals surface area contributed by atoms with Gasteiger partial charge in [-0.15, -0.1) is 0 Å². The molecule has 48 heavy (non-hydrogen) atoms. The first-order valence-corrected chi connectivity index (χ1v) is 17.2. The lowest BCUT2D eigenvalue weighted by Crippen LogP contribution is -2.52. The Morgan fingerprint density at radius 2 is 1.81 bits per heavy atom. The number of anilines is 1. The summed E-state index contributed by atoms with van der Waals surface area (Å²) < 4.78 is 17.0. The molecular weight excluding hydrogens is 610 g/mol. The zero-order chi connectivity index (χ0) is 33.6. The van der Waals surface area contributed by atoms with E-state index in [0.29, 0.717) is 62.6 Å². The molecule has 0 spiro atoms. The number of rotatable bonds is 7. The van der Waals surface area contributed by atoms with Gasteiger partial charge in [-0.2, -0.15) is 0 Å². The maximum absolute atomic E-state index is 15.0. The number of carbonyl (C=O) groups is 3. The molecular formula is C37H45N5O6. The molecule has 0 bridgehead atoms. The highest BCUT2D eigenvalue weighted by molar-refractivity contribution is 6.02. The smallest absolute Gasteiger partial charge is 0.276 e. The van der Waals surface area contributed by atoms with E-state index < -0.39 is 6.04 Å². The monoisotopic (exact) mass is 655 g/mol. The topological polar surface area (TPSA) is 127 Å². The molecule has 0 radical (unpaired) electrons. The van der Waals surface area contributed by atoms with Crippen molar-refractivity contribution in [2.75, 3.05) is 31.2 Å². The summed E-state index contributed by atoms with van der Waals surface area (Å²) in [5.41, 5.74) is 2.68. The van der Waals surface area contributed by atoms with Gasteiger partial charge in [-0.25, -0.2) is 0 Å². The van der Waals surface area contributed by atoms with Crippen LogP contribution in [0.25, 0.3) is 0 Å². The Hall–Kier alpha value is -4.09. The van der Waals surface area contributed by atoms with Crippen LogP contribution in [0.15, 0.2) is 59.4 Å². The molecule has 3 amide bonds. The summed E-state index contributed by atoms with van der Waals surface area (Å²) in [6, 6.07) is 12.3. The lowest BCUT2D eigenvalue weighted by Gasteiger charge is -2.38. The fourth-order valence-electron chi connectivity index (χ4n) is 8.16. The lowest BCUT2D eigenvalue weighted by molar-refractivity contribution is -0.170. The van der Waals surface area contributed by atoms with Gasteiger partial charge in [0.2, 0.25) is 11.8 Å². The molecule has 254 valence electrons. The van der Waals surface area contributed by atoms with Crippen molar-refractivity contribution in [1.29, 1.82) is 0 Å². The van der Waals surface area contributed by atoms with Crippen LogP contribution in [0.3, 0.4) is 0 Å². The Bertz CT molecular complexity index is 1630. The van der Waals surface area contributed by atoms with E-state index in [9.17, 15) is 9.59 Å². The molecule has 4 aliphatic rings. The third-order valence-electron chi connectivity index (χ3n) is 10.7. The Morgan fingerprint density at radius 1 is 1.04 bits per heavy atom. The quantitative estimate of drug-likeness (QED) is 0.384. The average Bonchev–Trinajstić information content (AvgIpc) is 3.82. The number of aromatic nitrogens is 2. The zero-order valence-corrected chi connectivity index (χ0v) is 28.1. The van der Waals surface area contributed by atoms with E-state index in [0.717, 1.165) is 12.0 Å². The summed E-state index contributed by atoms with van der Waals surface area (Å²) in [5.74, 6) is 0.427. The first-order valence-electron chi connectivity index (χ1n) is 17.2. The lowest BCUT2D eigenvalue weighted by atomic mass is 9.82. The van der Waals surface area contributed by atoms with Gasteiger partial charge in [-0.05, 0) is 73.6 Å². The van der Waals surface area contributed by atoms with Crippen LogP contribution in [0.5, 0.6) is 0 Å². The highest BCUT2D eigenvalue weighted by atomic mass is 16.7. The van der Waals surface area contributed by atoms with Crippen LogP contribution in [-0.4, -0.2) is 71.4 Å². The molecule has 1 aliphatic carbocycles. The number of likely N-dealkylation sites (tertiary alicyclic amines) is 1. The molecule has 11 heteroatoms. The fraction of sp³-hybridized carbons (Fsp3) is 0.541. The number of benzene rings is 1. The zero-order valence-electron chi connectivity index (χ0n) is 28.1. The van der Waals surface area contributed by atoms with Crippen LogP contribution < -0.4 is 10.2 Å². The molecule has 3 aromatic rings. The fourth-order valence-corrected chi connectivity index (χ4v) is 8.16. The van der Waals surface area contributed by atoms with Gasteiger partial charge in [0.05, 0.1) is 13.2 Å². The van der Waals surface area contributed by atoms with Crippen LogP contribution >= 0.6 is 0 Å². The predicted molar refractivity (Wildman–Crippen MR) is 177 cm³/mol. The summed E-state index contributed by atoms with van der Waals surface area (Å²) in [6.45, 7) is 10.3. The number of nitrogens with zero attached hydrogens (tertiary/aromatic N) is 4. The maximum Gasteiger partial charge on any atom is 0.276 e. The predicted octanol–water partition coefficient (Wildman–Crippen LogP) is 4.82. The molecule has 1 N–H and O–H groups in total. The van der Waals surface area contributed by atoms with E-state index in [1.165, 1.54) is 0 Å². The Balaban J connectivity index is 1.18. The summed E-state index contributed by atoms with van der Waals surface area (Å²) in [7, 11) is 0. The van der Waals surface area contributed by atoms with E-state index in [2.05, 4.69) is 48.4 Å². The van der Waals surface area contributed by atoms with Gasteiger partial charge in [0.25, 0.3) is 5.91 Å². The van der Waals surface area contributed by atoms with Crippen LogP contribution in [0.4, 0.5) is 5.69 Å². The molecule has 5 heterocycles. The van der Waals surface area contributed by atoms with Gasteiger partial charge in [0, 0.05) is 60.7 Å². The number of pyridine rings is 1. The second-order valence-electron chi connectivity index (χ2n) is 14.8. The van der Waals surface area contributed by atoms with Crippen LogP contribution in [0.1, 0.15) is 79.9 Å². The number of amides is 3. The Labute approximate surface area is 281 Å². The first-order chi connectivity index (χ1) is 23.1. The number of ether oxygens (including phenoxy) is 2. The molecule has 3 aliphatic heterocycles. The van der Waals surface area contributed by atoms with Gasteiger partial charge in [-0.1, -0.05) is 44.1 Å². The van der Waals surface area contributed by atoms with Crippen molar-refractivity contribution in [2.45, 2.75) is 77.2 Å². The number of hydrogen-bond acceptors (Lipinski definition) is 8. The molecule has 4 fully saturated rings. The summed E-state index contributed by atoms with van der Waals surface area (Å²) in [4.78, 5) is 50.4. The van der Waals surface area contributed by atoms with Gasteiger partial charge in [0.1, 0.15) is 11.8 Å². The molecule has 2 unspecified atom stereocenters. The highest BCUT2D eigenvalue weighted by Crippen LogP contribution is 2.53. The molecule has 1 aromatic carbocycles. The number of nitrogens with one attached hydrogen (secondary N) is 1. The SMILES string of the molecule is Cc1cc(C(=O)N2CCC(NC(=O)C(c3cccnc3)N(C(=O)[C@@H]3CC4CO[C@@H]5OCC[C@H]3[C@H]45)c3ccc(C(C)(C)C)cc3)CC2)no1. The van der Waals surface area contributed by atoms with Gasteiger partial charge in [-0.3, -0.25) is 24.3 Å². The molecule has 2 aromatic heterocycles. The van der Waals surface area contributed by atoms with Crippen LogP contribution in [0.2, 0.25) is 0 Å². The largest absolute Gasteiger partial charge is 0.361 e. The molecule has 11 nitrogen and oxygen atoms in total. The minimum atomic E-state index is -0.934. The second-order valence-corrected chi connectivity index (χ2v) is 14.8. The van der Waals surface area contributed by atoms with Crippen LogP contribution in [0, 0.1) is 30.6 Å². The molecule has 7 rings (SSSR count). The number of piperidine rings is 1. The second kappa shape index (κ2) is 13.1. The van der Waals surface area contributed by atoms with E-state index in [-0.39, 0.29) is 64.8 Å². The summed E-state index contributed by atoms with van der Waals surface area (Å²) in [5, 5.41) is 7.14. The van der Waals surface area contributed by atoms with Crippen LogP contribution in [-0.2, 0) is 24.5 Å². The number of carbonyl (C=O) groups excluding carboxylic acids is 3. The van der Waals surface area contributed by atoms with Gasteiger partial charge >= 0.3 is 0 Å². The van der Waals surface area contributed by atoms with Gasteiger partial charge < -0.3 is 24.2 Å². The minimum Gasteiger partial charge on any atom is -0.361 e. The van der Waals surface area contributed by atoms with E-state index >= 15 is 4.79 Å². The first kappa shape index (κ1) is 32.5. The summed E-state index contributed by atoms with van der Waals surface area (Å²) >= 11 is 0. The maximum atomic E-state index is 15.0. The summed E-state index contributed by atoms with van der Waals surface area (Å²) in [6.07, 6.45) is 5.76. The van der Waals surface area contributed by atoms with Crippen molar-refractivity contribution in [3.63, 3.8) is 0 Å². The van der Waals surface area contributed by atoms with Crippen molar-refractivity contribution in [3.8, 4) is 0 Å². The Kier molecular flexibility index (Phi) is 8.84. The van der Waals surface area contributed by atoms with E-state index in [1.807, 2.05) is 18.2 Å². The highest BCUT2D eigenvalue weighted by Gasteiger charge is 2.56. The third kappa shape index (κ3) is 6.25. The molecule has 3 saturated heterocycles. The molecule has 6 atom stereocenters. The standard InChI is InChI=1S/C37H45N5O6/c1-22-18-30(40-48-22)35(45)41-15-11-26(12-16-41)39-33(43)32(23-6-5-14-38-20-23)42(27-9-7-25(8-10-27)37(2,3)4)34(44)29-19-24-21-47-36-31(24)28(29)13-17-46-36/h5-10,14,18,20,24,26,28-29,31-32,36H,11-13,15-17,19,21H2,1-4H3,(H,39,43)/t24?,28-,29-,31+,32?,36+/m1/s1. The van der Waals surface area contributed by atoms with Crippen molar-refractivity contribution < 1.29 is 28.4 Å². The van der Waals surface area contributed by atoms with E-state index in [1.54, 1.807) is 41.2 Å².